The van der Waals surface area contributed by atoms with Crippen LogP contribution in [0.5, 0.6) is 0 Å². The van der Waals surface area contributed by atoms with Gasteiger partial charge in [0.2, 0.25) is 0 Å². The van der Waals surface area contributed by atoms with Gasteiger partial charge in [0.05, 0.1) is 0 Å². The third-order valence-electron chi connectivity index (χ3n) is 4.75. The van der Waals surface area contributed by atoms with Crippen molar-refractivity contribution in [3.05, 3.63) is 0 Å². The summed E-state index contributed by atoms with van der Waals surface area (Å²) in [6, 6.07) is 0. The number of nitrogens with zero attached hydrogens (tertiary/aromatic N) is 1. The predicted octanol–water partition coefficient (Wildman–Crippen LogP) is 3.31. The first kappa shape index (κ1) is 16.3. The minimum Gasteiger partial charge on any atom is -0.317 e. The zero-order chi connectivity index (χ0) is 12.1. The maximum absolute atomic E-state index is 3.46. The molecule has 1 N–H and O–H groups in total. The van der Waals surface area contributed by atoms with Gasteiger partial charge in [0.15, 0.2) is 0 Å². The van der Waals surface area contributed by atoms with Crippen LogP contribution in [0.3, 0.4) is 0 Å². The van der Waals surface area contributed by atoms with Crippen LogP contribution in [0.2, 0.25) is 0 Å². The topological polar surface area (TPSA) is 15.3 Å². The Bertz CT molecular complexity index is 225. The van der Waals surface area contributed by atoms with E-state index in [0.717, 1.165) is 5.92 Å². The molecule has 2 rings (SSSR count). The largest absolute Gasteiger partial charge is 0.317 e. The smallest absolute Gasteiger partial charge is 0.00136 e. The Balaban J connectivity index is 0.00000162. The lowest BCUT2D eigenvalue weighted by Crippen LogP contribution is -2.32. The highest BCUT2D eigenvalue weighted by Gasteiger charge is 2.23. The van der Waals surface area contributed by atoms with Crippen molar-refractivity contribution in [3.63, 3.8) is 0 Å². The van der Waals surface area contributed by atoms with Gasteiger partial charge in [-0.05, 0) is 82.6 Å². The summed E-state index contributed by atoms with van der Waals surface area (Å²) in [6.07, 6.45) is 8.44. The van der Waals surface area contributed by atoms with E-state index in [1.807, 2.05) is 0 Å². The summed E-state index contributed by atoms with van der Waals surface area (Å²) in [7, 11) is 0. The van der Waals surface area contributed by atoms with E-state index in [-0.39, 0.29) is 12.4 Å². The van der Waals surface area contributed by atoms with Crippen molar-refractivity contribution in [2.24, 2.45) is 11.3 Å². The average molecular weight is 275 g/mol. The highest BCUT2D eigenvalue weighted by Crippen LogP contribution is 2.30. The summed E-state index contributed by atoms with van der Waals surface area (Å²) >= 11 is 0. The second-order valence-corrected chi connectivity index (χ2v) is 6.84. The standard InChI is InChI=1S/C15H30N2.ClH/c1-15(2)7-3-11-17(13-8-15)12-6-14-4-9-16-10-5-14;/h14,16H,3-13H2,1-2H3;1H. The summed E-state index contributed by atoms with van der Waals surface area (Å²) in [4.78, 5) is 2.72. The number of hydrogen-bond donors (Lipinski definition) is 1. The molecule has 0 aliphatic carbocycles. The molecule has 0 aromatic rings. The molecule has 0 amide bonds. The molecular weight excluding hydrogens is 244 g/mol. The van der Waals surface area contributed by atoms with Crippen LogP contribution in [0.25, 0.3) is 0 Å². The normalized spacial score (nSPS) is 26.3. The number of hydrogen-bond acceptors (Lipinski definition) is 2. The first-order chi connectivity index (χ1) is 8.16. The summed E-state index contributed by atoms with van der Waals surface area (Å²) < 4.78 is 0. The second-order valence-electron chi connectivity index (χ2n) is 6.84. The van der Waals surface area contributed by atoms with Gasteiger partial charge in [-0.1, -0.05) is 13.8 Å². The maximum Gasteiger partial charge on any atom is -0.00136 e. The van der Waals surface area contributed by atoms with Crippen LogP contribution in [-0.2, 0) is 0 Å². The number of likely N-dealkylation sites (tertiary alicyclic amines) is 1. The summed E-state index contributed by atoms with van der Waals surface area (Å²) in [5, 5.41) is 3.46. The van der Waals surface area contributed by atoms with Crippen molar-refractivity contribution in [2.45, 2.75) is 52.4 Å². The molecule has 2 aliphatic heterocycles. The van der Waals surface area contributed by atoms with Gasteiger partial charge < -0.3 is 10.2 Å². The fourth-order valence-corrected chi connectivity index (χ4v) is 3.24. The SMILES string of the molecule is CC1(C)CCCN(CCC2CCNCC2)CC1.Cl. The molecule has 3 heteroatoms. The van der Waals surface area contributed by atoms with Gasteiger partial charge >= 0.3 is 0 Å². The van der Waals surface area contributed by atoms with Gasteiger partial charge in [-0.3, -0.25) is 0 Å². The van der Waals surface area contributed by atoms with Gasteiger partial charge in [-0.25, -0.2) is 0 Å². The van der Waals surface area contributed by atoms with Crippen LogP contribution in [0, 0.1) is 11.3 Å². The molecule has 2 nitrogen and oxygen atoms in total. The van der Waals surface area contributed by atoms with E-state index in [0.29, 0.717) is 5.41 Å². The van der Waals surface area contributed by atoms with Crippen molar-refractivity contribution in [3.8, 4) is 0 Å². The molecule has 0 atom stereocenters. The van der Waals surface area contributed by atoms with Crippen LogP contribution in [0.15, 0.2) is 0 Å². The zero-order valence-electron chi connectivity index (χ0n) is 12.2. The molecule has 0 unspecified atom stereocenters. The minimum absolute atomic E-state index is 0. The van der Waals surface area contributed by atoms with E-state index < -0.39 is 0 Å². The monoisotopic (exact) mass is 274 g/mol. The maximum atomic E-state index is 3.46. The van der Waals surface area contributed by atoms with E-state index in [1.54, 1.807) is 0 Å². The van der Waals surface area contributed by atoms with Crippen LogP contribution < -0.4 is 5.32 Å². The Morgan fingerprint density at radius 3 is 2.56 bits per heavy atom. The van der Waals surface area contributed by atoms with Crippen molar-refractivity contribution >= 4 is 12.4 Å². The molecular formula is C15H31ClN2. The fraction of sp³-hybridized carbons (Fsp3) is 1.00. The molecule has 2 aliphatic rings. The third kappa shape index (κ3) is 5.46. The van der Waals surface area contributed by atoms with Crippen molar-refractivity contribution in [1.82, 2.24) is 10.2 Å². The molecule has 0 bridgehead atoms. The van der Waals surface area contributed by atoms with Crippen LogP contribution >= 0.6 is 12.4 Å². The van der Waals surface area contributed by atoms with Crippen molar-refractivity contribution in [1.29, 1.82) is 0 Å². The zero-order valence-corrected chi connectivity index (χ0v) is 13.0. The Kier molecular flexibility index (Phi) is 6.97. The Labute approximate surface area is 119 Å². The van der Waals surface area contributed by atoms with E-state index in [4.69, 9.17) is 0 Å². The number of nitrogens with one attached hydrogen (secondary N) is 1. The first-order valence-electron chi connectivity index (χ1n) is 7.59. The molecule has 0 radical (unpaired) electrons. The minimum atomic E-state index is 0. The first-order valence-corrected chi connectivity index (χ1v) is 7.59. The highest BCUT2D eigenvalue weighted by atomic mass is 35.5. The van der Waals surface area contributed by atoms with Gasteiger partial charge in [-0.2, -0.15) is 0 Å². The molecule has 0 aromatic heterocycles. The predicted molar refractivity (Wildman–Crippen MR) is 81.5 cm³/mol. The molecule has 2 heterocycles. The second kappa shape index (κ2) is 7.72. The van der Waals surface area contributed by atoms with E-state index >= 15 is 0 Å². The Hall–Kier alpha value is 0.210. The van der Waals surface area contributed by atoms with Crippen LogP contribution in [-0.4, -0.2) is 37.6 Å². The van der Waals surface area contributed by atoms with E-state index in [2.05, 4.69) is 24.1 Å². The van der Waals surface area contributed by atoms with Gasteiger partial charge in [0.1, 0.15) is 0 Å². The van der Waals surface area contributed by atoms with E-state index in [1.165, 1.54) is 71.2 Å². The molecule has 0 saturated carbocycles. The molecule has 2 fully saturated rings. The molecule has 0 spiro atoms. The number of piperidine rings is 1. The molecule has 2 saturated heterocycles. The highest BCUT2D eigenvalue weighted by molar-refractivity contribution is 5.85. The lowest BCUT2D eigenvalue weighted by molar-refractivity contribution is 0.231. The van der Waals surface area contributed by atoms with Gasteiger partial charge in [0, 0.05) is 0 Å². The lowest BCUT2D eigenvalue weighted by atomic mass is 9.85. The van der Waals surface area contributed by atoms with Gasteiger partial charge in [0.25, 0.3) is 0 Å². The molecule has 0 aromatic carbocycles. The lowest BCUT2D eigenvalue weighted by Gasteiger charge is -2.27. The Morgan fingerprint density at radius 2 is 1.83 bits per heavy atom. The Morgan fingerprint density at radius 1 is 1.11 bits per heavy atom. The fourth-order valence-electron chi connectivity index (χ4n) is 3.24. The van der Waals surface area contributed by atoms with E-state index in [9.17, 15) is 0 Å². The van der Waals surface area contributed by atoms with Crippen LogP contribution in [0.1, 0.15) is 52.4 Å². The summed E-state index contributed by atoms with van der Waals surface area (Å²) in [6.45, 7) is 11.4. The van der Waals surface area contributed by atoms with Crippen molar-refractivity contribution < 1.29 is 0 Å². The average Bonchev–Trinajstić information content (AvgIpc) is 2.49. The third-order valence-corrected chi connectivity index (χ3v) is 4.75. The number of rotatable bonds is 3. The van der Waals surface area contributed by atoms with Gasteiger partial charge in [-0.15, -0.1) is 12.4 Å². The van der Waals surface area contributed by atoms with Crippen molar-refractivity contribution in [2.75, 3.05) is 32.7 Å². The molecule has 18 heavy (non-hydrogen) atoms. The summed E-state index contributed by atoms with van der Waals surface area (Å²) in [5.41, 5.74) is 0.587. The number of halogens is 1. The van der Waals surface area contributed by atoms with Crippen LogP contribution in [0.4, 0.5) is 0 Å². The molecule has 108 valence electrons. The quantitative estimate of drug-likeness (QED) is 0.849. The summed E-state index contributed by atoms with van der Waals surface area (Å²) in [5.74, 6) is 0.993.